The van der Waals surface area contributed by atoms with Crippen molar-refractivity contribution >= 4 is 27.3 Å². The monoisotopic (exact) mass is 567 g/mol. The SMILES string of the molecule is Fc1c(F)c(F)c(Cn2c3ccccc3c3cc[n+]4cn(-c5ccc(C(F)(F)F)cc5)cc4c32)c(F)c1F.[Cl-]. The highest BCUT2D eigenvalue weighted by molar-refractivity contribution is 6.11. The second-order valence-corrected chi connectivity index (χ2v) is 8.72. The van der Waals surface area contributed by atoms with Gasteiger partial charge in [0.25, 0.3) is 6.33 Å². The number of hydrogen-bond donors (Lipinski definition) is 0. The van der Waals surface area contributed by atoms with Crippen LogP contribution in [0.2, 0.25) is 0 Å². The molecular weight excluding hydrogens is 554 g/mol. The van der Waals surface area contributed by atoms with E-state index in [1.807, 2.05) is 0 Å². The molecule has 0 N–H and O–H groups in total. The first-order valence-electron chi connectivity index (χ1n) is 11.2. The number of alkyl halides is 3. The molecule has 6 aromatic rings. The van der Waals surface area contributed by atoms with Gasteiger partial charge < -0.3 is 17.0 Å². The molecule has 0 bridgehead atoms. The summed E-state index contributed by atoms with van der Waals surface area (Å²) in [6, 6.07) is 13.1. The molecule has 0 aliphatic carbocycles. The fraction of sp³-hybridized carbons (Fsp3) is 0.0741. The summed E-state index contributed by atoms with van der Waals surface area (Å²) in [7, 11) is 0. The predicted octanol–water partition coefficient (Wildman–Crippen LogP) is 4.09. The highest BCUT2D eigenvalue weighted by Crippen LogP contribution is 2.34. The van der Waals surface area contributed by atoms with Crippen LogP contribution in [0.25, 0.3) is 33.0 Å². The lowest BCUT2D eigenvalue weighted by Gasteiger charge is -2.11. The number of nitrogens with zero attached hydrogens (tertiary/aromatic N) is 3. The van der Waals surface area contributed by atoms with E-state index in [1.165, 1.54) is 16.7 Å². The molecule has 0 amide bonds. The van der Waals surface area contributed by atoms with Gasteiger partial charge in [-0.15, -0.1) is 0 Å². The Morgan fingerprint density at radius 2 is 1.33 bits per heavy atom. The highest BCUT2D eigenvalue weighted by Gasteiger charge is 2.31. The number of rotatable bonds is 3. The van der Waals surface area contributed by atoms with Gasteiger partial charge in [-0.05, 0) is 36.4 Å². The molecule has 3 aromatic heterocycles. The van der Waals surface area contributed by atoms with Crippen LogP contribution in [0.5, 0.6) is 0 Å². The first-order chi connectivity index (χ1) is 18.1. The maximum atomic E-state index is 14.6. The number of benzene rings is 3. The average Bonchev–Trinajstić information content (AvgIpc) is 3.48. The van der Waals surface area contributed by atoms with Gasteiger partial charge in [0.2, 0.25) is 5.82 Å². The molecule has 0 saturated heterocycles. The largest absolute Gasteiger partial charge is 1.00 e. The molecule has 0 aliphatic rings. The number of imidazole rings is 1. The van der Waals surface area contributed by atoms with E-state index in [1.54, 1.807) is 58.0 Å². The van der Waals surface area contributed by atoms with Gasteiger partial charge in [0.15, 0.2) is 28.8 Å². The minimum Gasteiger partial charge on any atom is -1.00 e. The van der Waals surface area contributed by atoms with Crippen LogP contribution < -0.4 is 16.8 Å². The van der Waals surface area contributed by atoms with Gasteiger partial charge in [0.1, 0.15) is 17.4 Å². The molecule has 12 heteroatoms. The summed E-state index contributed by atoms with van der Waals surface area (Å²) in [5.74, 6) is -10.2. The van der Waals surface area contributed by atoms with Crippen molar-refractivity contribution in [3.63, 3.8) is 0 Å². The van der Waals surface area contributed by atoms with Gasteiger partial charge in [-0.3, -0.25) is 0 Å². The minimum atomic E-state index is -4.49. The number of pyridine rings is 1. The lowest BCUT2D eigenvalue weighted by atomic mass is 10.1. The Kier molecular flexibility index (Phi) is 6.29. The smallest absolute Gasteiger partial charge is 0.416 e. The van der Waals surface area contributed by atoms with Gasteiger partial charge in [0, 0.05) is 21.9 Å². The van der Waals surface area contributed by atoms with E-state index in [0.29, 0.717) is 33.0 Å². The van der Waals surface area contributed by atoms with Crippen LogP contribution >= 0.6 is 0 Å². The quantitative estimate of drug-likeness (QED) is 0.132. The Bertz CT molecular complexity index is 1860. The number of hydrogen-bond acceptors (Lipinski definition) is 0. The van der Waals surface area contributed by atoms with Crippen LogP contribution in [0, 0.1) is 29.1 Å². The summed E-state index contributed by atoms with van der Waals surface area (Å²) in [6.45, 7) is -0.666. The highest BCUT2D eigenvalue weighted by atomic mass is 35.5. The average molecular weight is 568 g/mol. The van der Waals surface area contributed by atoms with Gasteiger partial charge in [-0.2, -0.15) is 13.2 Å². The summed E-state index contributed by atoms with van der Waals surface area (Å²) < 4.78 is 114. The van der Waals surface area contributed by atoms with E-state index < -0.39 is 52.9 Å². The Morgan fingerprint density at radius 3 is 1.97 bits per heavy atom. The molecule has 0 saturated carbocycles. The van der Waals surface area contributed by atoms with Crippen LogP contribution in [-0.2, 0) is 12.7 Å². The van der Waals surface area contributed by atoms with E-state index in [4.69, 9.17) is 0 Å². The molecule has 0 atom stereocenters. The zero-order chi connectivity index (χ0) is 26.9. The fourth-order valence-electron chi connectivity index (χ4n) is 4.74. The second-order valence-electron chi connectivity index (χ2n) is 8.72. The third-order valence-corrected chi connectivity index (χ3v) is 6.55. The van der Waals surface area contributed by atoms with Gasteiger partial charge >= 0.3 is 6.18 Å². The van der Waals surface area contributed by atoms with Crippen molar-refractivity contribution in [2.24, 2.45) is 0 Å². The van der Waals surface area contributed by atoms with Crippen LogP contribution in [0.4, 0.5) is 35.1 Å². The summed E-state index contributed by atoms with van der Waals surface area (Å²) in [6.07, 6.45) is 0.412. The van der Waals surface area contributed by atoms with Crippen LogP contribution in [0.15, 0.2) is 73.3 Å². The maximum absolute atomic E-state index is 14.6. The van der Waals surface area contributed by atoms with Crippen LogP contribution in [-0.4, -0.2) is 9.13 Å². The second kappa shape index (κ2) is 9.26. The van der Waals surface area contributed by atoms with Crippen molar-refractivity contribution in [3.05, 3.63) is 114 Å². The molecule has 3 heterocycles. The van der Waals surface area contributed by atoms with Crippen molar-refractivity contribution in [2.75, 3.05) is 0 Å². The van der Waals surface area contributed by atoms with Crippen LogP contribution in [0.1, 0.15) is 11.1 Å². The normalized spacial score (nSPS) is 12.0. The van der Waals surface area contributed by atoms with Crippen molar-refractivity contribution < 1.29 is 51.9 Å². The van der Waals surface area contributed by atoms with Crippen molar-refractivity contribution in [3.8, 4) is 5.69 Å². The maximum Gasteiger partial charge on any atom is 0.416 e. The molecule has 3 nitrogen and oxygen atoms in total. The van der Waals surface area contributed by atoms with E-state index in [2.05, 4.69) is 0 Å². The topological polar surface area (TPSA) is 14.0 Å². The first-order valence-corrected chi connectivity index (χ1v) is 11.2. The zero-order valence-electron chi connectivity index (χ0n) is 19.4. The molecule has 0 radical (unpaired) electrons. The Labute approximate surface area is 220 Å². The molecule has 3 aromatic carbocycles. The van der Waals surface area contributed by atoms with Gasteiger partial charge in [0.05, 0.1) is 18.3 Å². The Hall–Kier alpha value is -4.12. The molecule has 39 heavy (non-hydrogen) atoms. The molecular formula is C27H14ClF8N3. The van der Waals surface area contributed by atoms with Gasteiger partial charge in [-0.25, -0.2) is 30.9 Å². The zero-order valence-corrected chi connectivity index (χ0v) is 20.1. The molecule has 0 fully saturated rings. The van der Waals surface area contributed by atoms with Crippen molar-refractivity contribution in [2.45, 2.75) is 12.7 Å². The number of aromatic nitrogens is 3. The lowest BCUT2D eigenvalue weighted by molar-refractivity contribution is -0.510. The number of halogens is 9. The van der Waals surface area contributed by atoms with Crippen molar-refractivity contribution in [1.82, 2.24) is 9.13 Å². The first kappa shape index (κ1) is 26.5. The van der Waals surface area contributed by atoms with E-state index in [0.717, 1.165) is 12.1 Å². The summed E-state index contributed by atoms with van der Waals surface area (Å²) in [4.78, 5) is 0. The van der Waals surface area contributed by atoms with Gasteiger partial charge in [-0.1, -0.05) is 18.2 Å². The fourth-order valence-corrected chi connectivity index (χ4v) is 4.74. The number of para-hydroxylation sites is 1. The Morgan fingerprint density at radius 1 is 0.718 bits per heavy atom. The Balaban J connectivity index is 0.00000308. The molecule has 0 spiro atoms. The lowest BCUT2D eigenvalue weighted by Crippen LogP contribution is -3.00. The van der Waals surface area contributed by atoms with Crippen LogP contribution in [0.3, 0.4) is 0 Å². The summed E-state index contributed by atoms with van der Waals surface area (Å²) in [5, 5.41) is 1.32. The standard InChI is InChI=1S/C27H14F8N3.ClH/c28-21-18(22(29)24(31)25(32)23(21)30)11-38-19-4-2-1-3-16(19)17-9-10-36-13-37(12-20(36)26(17)38)15-7-5-14(6-8-15)27(33,34)35;/h1-10,12-13H,11H2;1H/q+1;/p-1. The minimum absolute atomic E-state index is 0. The van der Waals surface area contributed by atoms with E-state index >= 15 is 0 Å². The summed E-state index contributed by atoms with van der Waals surface area (Å²) >= 11 is 0. The third kappa shape index (κ3) is 4.08. The molecule has 0 aliphatic heterocycles. The summed E-state index contributed by atoms with van der Waals surface area (Å²) in [5.41, 5.74) is 0.0223. The predicted molar refractivity (Wildman–Crippen MR) is 122 cm³/mol. The van der Waals surface area contributed by atoms with Crippen molar-refractivity contribution in [1.29, 1.82) is 0 Å². The molecule has 200 valence electrons. The van der Waals surface area contributed by atoms with E-state index in [9.17, 15) is 35.1 Å². The molecule has 0 unspecified atom stereocenters. The third-order valence-electron chi connectivity index (χ3n) is 6.55. The number of fused-ring (bicyclic) bond motifs is 5. The molecule has 6 rings (SSSR count). The van der Waals surface area contributed by atoms with E-state index in [-0.39, 0.29) is 12.4 Å².